The van der Waals surface area contributed by atoms with Gasteiger partial charge in [0, 0.05) is 50.3 Å². The molecule has 0 aliphatic carbocycles. The SMILES string of the molecule is O=C(O)C(F)(F)F.O=C(O)C(F)(F)F.O=S1(=O)c2ccc(-c3cccnc3)cc2C2CN(Cc3cccnc3)CC21. The van der Waals surface area contributed by atoms with E-state index in [-0.39, 0.29) is 11.2 Å². The predicted octanol–water partition coefficient (Wildman–Crippen LogP) is 4.17. The Morgan fingerprint density at radius 1 is 0.854 bits per heavy atom. The Labute approximate surface area is 229 Å². The lowest BCUT2D eigenvalue weighted by Crippen LogP contribution is -2.25. The van der Waals surface area contributed by atoms with Crippen LogP contribution in [0.25, 0.3) is 11.1 Å². The van der Waals surface area contributed by atoms with Crippen molar-refractivity contribution in [2.75, 3.05) is 13.1 Å². The quantitative estimate of drug-likeness (QED) is 0.422. The van der Waals surface area contributed by atoms with Crippen LogP contribution in [0.5, 0.6) is 0 Å². The van der Waals surface area contributed by atoms with Gasteiger partial charge in [-0.05, 0) is 46.5 Å². The van der Waals surface area contributed by atoms with Crippen molar-refractivity contribution in [1.82, 2.24) is 14.9 Å². The van der Waals surface area contributed by atoms with Gasteiger partial charge >= 0.3 is 24.3 Å². The molecule has 9 nitrogen and oxygen atoms in total. The van der Waals surface area contributed by atoms with Crippen LogP contribution < -0.4 is 0 Å². The molecule has 220 valence electrons. The summed E-state index contributed by atoms with van der Waals surface area (Å²) in [6.45, 7) is 2.05. The number of halogens is 6. The number of pyridine rings is 2. The third kappa shape index (κ3) is 7.79. The average molecular weight is 606 g/mol. The summed E-state index contributed by atoms with van der Waals surface area (Å²) in [5.41, 5.74) is 4.09. The van der Waals surface area contributed by atoms with Crippen LogP contribution in [-0.4, -0.2) is 76.1 Å². The second kappa shape index (κ2) is 12.2. The van der Waals surface area contributed by atoms with Crippen LogP contribution in [0.3, 0.4) is 0 Å². The summed E-state index contributed by atoms with van der Waals surface area (Å²) in [4.78, 5) is 28.9. The van der Waals surface area contributed by atoms with E-state index in [0.717, 1.165) is 35.3 Å². The van der Waals surface area contributed by atoms with E-state index in [0.29, 0.717) is 11.4 Å². The number of benzene rings is 1. The molecule has 2 aliphatic heterocycles. The van der Waals surface area contributed by atoms with Gasteiger partial charge < -0.3 is 10.2 Å². The number of aromatic nitrogens is 2. The molecule has 1 saturated heterocycles. The van der Waals surface area contributed by atoms with Crippen molar-refractivity contribution >= 4 is 21.8 Å². The zero-order valence-electron chi connectivity index (χ0n) is 20.7. The molecule has 2 aliphatic rings. The number of likely N-dealkylation sites (tertiary alicyclic amines) is 1. The van der Waals surface area contributed by atoms with Gasteiger partial charge in [0.1, 0.15) is 0 Å². The van der Waals surface area contributed by atoms with E-state index >= 15 is 0 Å². The molecule has 2 atom stereocenters. The minimum atomic E-state index is -5.08. The largest absolute Gasteiger partial charge is 0.490 e. The van der Waals surface area contributed by atoms with Gasteiger partial charge in [0.25, 0.3) is 0 Å². The van der Waals surface area contributed by atoms with Gasteiger partial charge in [-0.25, -0.2) is 18.0 Å². The fraction of sp³-hybridized carbons (Fsp3) is 0.280. The second-order valence-corrected chi connectivity index (χ2v) is 11.0. The molecule has 0 bridgehead atoms. The number of alkyl halides is 6. The molecule has 4 heterocycles. The fourth-order valence-corrected chi connectivity index (χ4v) is 6.51. The highest BCUT2D eigenvalue weighted by atomic mass is 32.2. The Balaban J connectivity index is 0.000000276. The molecule has 1 aromatic carbocycles. The number of carboxylic acid groups (broad SMARTS) is 2. The average Bonchev–Trinajstić information content (AvgIpc) is 3.41. The maximum Gasteiger partial charge on any atom is 0.490 e. The van der Waals surface area contributed by atoms with Gasteiger partial charge in [0.2, 0.25) is 0 Å². The molecule has 0 radical (unpaired) electrons. The summed E-state index contributed by atoms with van der Waals surface area (Å²) < 4.78 is 89.6. The smallest absolute Gasteiger partial charge is 0.475 e. The van der Waals surface area contributed by atoms with Crippen LogP contribution in [-0.2, 0) is 26.0 Å². The number of carbonyl (C=O) groups is 2. The number of rotatable bonds is 3. The van der Waals surface area contributed by atoms with Crippen molar-refractivity contribution in [3.63, 3.8) is 0 Å². The van der Waals surface area contributed by atoms with E-state index in [1.807, 2.05) is 48.8 Å². The lowest BCUT2D eigenvalue weighted by atomic mass is 9.95. The molecule has 2 unspecified atom stereocenters. The summed E-state index contributed by atoms with van der Waals surface area (Å²) in [6.07, 6.45) is -3.02. The number of nitrogens with zero attached hydrogens (tertiary/aromatic N) is 3. The number of hydrogen-bond acceptors (Lipinski definition) is 7. The summed E-state index contributed by atoms with van der Waals surface area (Å²) in [7, 11) is -3.28. The minimum Gasteiger partial charge on any atom is -0.475 e. The third-order valence-corrected chi connectivity index (χ3v) is 8.32. The van der Waals surface area contributed by atoms with Gasteiger partial charge in [0.15, 0.2) is 9.84 Å². The molecule has 0 saturated carbocycles. The second-order valence-electron chi connectivity index (χ2n) is 8.85. The number of aliphatic carboxylic acids is 2. The number of sulfone groups is 1. The normalized spacial score (nSPS) is 19.1. The standard InChI is InChI=1S/C21H19N3O2S.2C2HF3O2/c25-27(26)20-6-5-16(17-4-2-8-23-11-17)9-18(20)19-13-24(14-21(19)27)12-15-3-1-7-22-10-15;2*3-2(4,5)1(6)7/h1-11,19,21H,12-14H2;2*(H,6,7). The van der Waals surface area contributed by atoms with Crippen LogP contribution in [0.2, 0.25) is 0 Å². The fourth-order valence-electron chi connectivity index (χ4n) is 4.32. The van der Waals surface area contributed by atoms with Crippen molar-refractivity contribution in [3.8, 4) is 11.1 Å². The molecular weight excluding hydrogens is 584 g/mol. The Bertz CT molecular complexity index is 1460. The summed E-state index contributed by atoms with van der Waals surface area (Å²) in [5.74, 6) is -5.49. The van der Waals surface area contributed by atoms with E-state index in [4.69, 9.17) is 19.8 Å². The molecule has 5 rings (SSSR count). The van der Waals surface area contributed by atoms with Gasteiger partial charge in [-0.3, -0.25) is 14.9 Å². The number of fused-ring (bicyclic) bond motifs is 3. The van der Waals surface area contributed by atoms with Crippen LogP contribution >= 0.6 is 0 Å². The first-order valence-electron chi connectivity index (χ1n) is 11.5. The van der Waals surface area contributed by atoms with Crippen LogP contribution in [0, 0.1) is 0 Å². The summed E-state index contributed by atoms with van der Waals surface area (Å²) in [5, 5.41) is 13.9. The van der Waals surface area contributed by atoms with Crippen molar-refractivity contribution in [1.29, 1.82) is 0 Å². The summed E-state index contributed by atoms with van der Waals surface area (Å²) >= 11 is 0. The highest BCUT2D eigenvalue weighted by Gasteiger charge is 2.50. The number of hydrogen-bond donors (Lipinski definition) is 2. The molecule has 16 heteroatoms. The van der Waals surface area contributed by atoms with E-state index in [9.17, 15) is 34.8 Å². The third-order valence-electron chi connectivity index (χ3n) is 6.07. The Morgan fingerprint density at radius 3 is 1.90 bits per heavy atom. The van der Waals surface area contributed by atoms with Gasteiger partial charge in [-0.15, -0.1) is 0 Å². The topological polar surface area (TPSA) is 138 Å². The first kappa shape index (κ1) is 31.5. The van der Waals surface area contributed by atoms with Crippen molar-refractivity contribution in [3.05, 3.63) is 78.4 Å². The first-order chi connectivity index (χ1) is 19.0. The maximum absolute atomic E-state index is 13.1. The van der Waals surface area contributed by atoms with Gasteiger partial charge in [-0.2, -0.15) is 26.3 Å². The van der Waals surface area contributed by atoms with Crippen LogP contribution in [0.15, 0.2) is 72.1 Å². The molecule has 41 heavy (non-hydrogen) atoms. The zero-order valence-corrected chi connectivity index (χ0v) is 21.5. The monoisotopic (exact) mass is 605 g/mol. The van der Waals surface area contributed by atoms with Crippen molar-refractivity contribution in [2.45, 2.75) is 35.0 Å². The Morgan fingerprint density at radius 2 is 1.41 bits per heavy atom. The van der Waals surface area contributed by atoms with Gasteiger partial charge in [-0.1, -0.05) is 18.2 Å². The van der Waals surface area contributed by atoms with E-state index < -0.39 is 34.1 Å². The highest BCUT2D eigenvalue weighted by molar-refractivity contribution is 7.92. The minimum absolute atomic E-state index is 0.0262. The van der Waals surface area contributed by atoms with E-state index in [2.05, 4.69) is 14.9 Å². The predicted molar refractivity (Wildman–Crippen MR) is 130 cm³/mol. The molecule has 0 amide bonds. The molecule has 0 spiro atoms. The molecule has 2 N–H and O–H groups in total. The molecule has 2 aromatic heterocycles. The number of carboxylic acids is 2. The van der Waals surface area contributed by atoms with Crippen molar-refractivity contribution < 1.29 is 54.6 Å². The lowest BCUT2D eigenvalue weighted by Gasteiger charge is -2.17. The first-order valence-corrected chi connectivity index (χ1v) is 13.1. The Hall–Kier alpha value is -4.05. The van der Waals surface area contributed by atoms with E-state index in [1.54, 1.807) is 18.5 Å². The molecule has 1 fully saturated rings. The highest BCUT2D eigenvalue weighted by Crippen LogP contribution is 2.46. The molecular formula is C25H21F6N3O6S. The van der Waals surface area contributed by atoms with Crippen LogP contribution in [0.1, 0.15) is 17.0 Å². The van der Waals surface area contributed by atoms with Crippen molar-refractivity contribution in [2.24, 2.45) is 0 Å². The Kier molecular flexibility index (Phi) is 9.38. The molecule has 3 aromatic rings. The zero-order chi connectivity index (χ0) is 30.6. The maximum atomic E-state index is 13.1. The van der Waals surface area contributed by atoms with Crippen LogP contribution in [0.4, 0.5) is 26.3 Å². The van der Waals surface area contributed by atoms with E-state index in [1.165, 1.54) is 0 Å². The lowest BCUT2D eigenvalue weighted by molar-refractivity contribution is -0.193. The van der Waals surface area contributed by atoms with Gasteiger partial charge in [0.05, 0.1) is 10.1 Å². The summed E-state index contributed by atoms with van der Waals surface area (Å²) in [6, 6.07) is 13.6.